The van der Waals surface area contributed by atoms with E-state index in [1.54, 1.807) is 0 Å². The Morgan fingerprint density at radius 1 is 1.00 bits per heavy atom. The molecular weight excluding hydrogens is 256 g/mol. The first-order valence-electron chi connectivity index (χ1n) is 7.54. The van der Waals surface area contributed by atoms with Gasteiger partial charge >= 0.3 is 0 Å². The molecule has 1 heterocycles. The molecule has 0 aliphatic rings. The summed E-state index contributed by atoms with van der Waals surface area (Å²) in [6.45, 7) is 3.03. The fourth-order valence-corrected chi connectivity index (χ4v) is 2.76. The Balaban J connectivity index is 1.87. The van der Waals surface area contributed by atoms with E-state index in [1.165, 1.54) is 62.7 Å². The minimum absolute atomic E-state index is 0.738. The minimum Gasteiger partial charge on any atom is -0.484 e. The first-order valence-corrected chi connectivity index (χ1v) is 8.36. The average molecular weight is 282 g/mol. The summed E-state index contributed by atoms with van der Waals surface area (Å²) in [7, 11) is 0. The van der Waals surface area contributed by atoms with Gasteiger partial charge in [0.15, 0.2) is 11.3 Å². The number of rotatable bonds is 12. The van der Waals surface area contributed by atoms with Gasteiger partial charge in [0, 0.05) is 0 Å². The third-order valence-electron chi connectivity index (χ3n) is 3.21. The third kappa shape index (κ3) is 8.04. The maximum absolute atomic E-state index is 10.5. The van der Waals surface area contributed by atoms with Crippen LogP contribution in [0, 0.1) is 0 Å². The molecule has 0 unspecified atom stereocenters. The highest BCUT2D eigenvalue weighted by molar-refractivity contribution is 7.15. The quantitative estimate of drug-likeness (QED) is 0.375. The lowest BCUT2D eigenvalue weighted by Gasteiger charge is -2.03. The van der Waals surface area contributed by atoms with E-state index in [0.717, 1.165) is 29.3 Å². The Bertz CT molecular complexity index is 333. The average Bonchev–Trinajstić information content (AvgIpc) is 2.89. The zero-order chi connectivity index (χ0) is 13.8. The van der Waals surface area contributed by atoms with Crippen molar-refractivity contribution in [2.75, 3.05) is 6.61 Å². The monoisotopic (exact) mass is 282 g/mol. The van der Waals surface area contributed by atoms with Crippen molar-refractivity contribution >= 4 is 17.6 Å². The Labute approximate surface area is 121 Å². The molecular formula is C16H26O2S. The Hall–Kier alpha value is -0.830. The van der Waals surface area contributed by atoms with Gasteiger partial charge in [0.25, 0.3) is 0 Å². The van der Waals surface area contributed by atoms with Crippen molar-refractivity contribution in [3.8, 4) is 5.06 Å². The molecule has 0 spiro atoms. The highest BCUT2D eigenvalue weighted by atomic mass is 32.1. The van der Waals surface area contributed by atoms with Crippen LogP contribution in [0.25, 0.3) is 0 Å². The molecule has 1 aromatic rings. The minimum atomic E-state index is 0.738. The van der Waals surface area contributed by atoms with Gasteiger partial charge in [-0.3, -0.25) is 4.79 Å². The molecule has 2 nitrogen and oxygen atoms in total. The maximum atomic E-state index is 10.5. The van der Waals surface area contributed by atoms with Crippen LogP contribution in [0.3, 0.4) is 0 Å². The van der Waals surface area contributed by atoms with E-state index in [2.05, 4.69) is 6.92 Å². The molecule has 1 rings (SSSR count). The lowest BCUT2D eigenvalue weighted by molar-refractivity contribution is 0.112. The second-order valence-electron chi connectivity index (χ2n) is 4.95. The zero-order valence-corrected chi connectivity index (χ0v) is 12.8. The molecule has 0 N–H and O–H groups in total. The van der Waals surface area contributed by atoms with E-state index in [4.69, 9.17) is 4.74 Å². The van der Waals surface area contributed by atoms with E-state index in [0.29, 0.717) is 0 Å². The van der Waals surface area contributed by atoms with Gasteiger partial charge in [0.05, 0.1) is 11.5 Å². The molecule has 19 heavy (non-hydrogen) atoms. The molecule has 0 amide bonds. The molecule has 3 heteroatoms. The fraction of sp³-hybridized carbons (Fsp3) is 0.688. The summed E-state index contributed by atoms with van der Waals surface area (Å²) in [6.07, 6.45) is 12.8. The van der Waals surface area contributed by atoms with Gasteiger partial charge in [0.2, 0.25) is 0 Å². The van der Waals surface area contributed by atoms with Crippen LogP contribution in [-0.4, -0.2) is 12.9 Å². The van der Waals surface area contributed by atoms with Crippen LogP contribution in [0.5, 0.6) is 5.06 Å². The Morgan fingerprint density at radius 2 is 1.63 bits per heavy atom. The summed E-state index contributed by atoms with van der Waals surface area (Å²) >= 11 is 1.42. The van der Waals surface area contributed by atoms with Crippen molar-refractivity contribution in [3.05, 3.63) is 17.0 Å². The van der Waals surface area contributed by atoms with Gasteiger partial charge in [-0.2, -0.15) is 0 Å². The van der Waals surface area contributed by atoms with Crippen molar-refractivity contribution in [1.29, 1.82) is 0 Å². The maximum Gasteiger partial charge on any atom is 0.174 e. The normalized spacial score (nSPS) is 10.6. The third-order valence-corrected chi connectivity index (χ3v) is 4.13. The second kappa shape index (κ2) is 11.0. The molecule has 0 saturated carbocycles. The van der Waals surface area contributed by atoms with Crippen LogP contribution in [0.2, 0.25) is 0 Å². The van der Waals surface area contributed by atoms with Crippen molar-refractivity contribution in [3.63, 3.8) is 0 Å². The van der Waals surface area contributed by atoms with Crippen LogP contribution < -0.4 is 4.74 Å². The molecule has 0 aliphatic carbocycles. The molecule has 0 aliphatic heterocycles. The van der Waals surface area contributed by atoms with E-state index >= 15 is 0 Å². The summed E-state index contributed by atoms with van der Waals surface area (Å²) in [5, 5.41) is 0.863. The molecule has 0 fully saturated rings. The van der Waals surface area contributed by atoms with Gasteiger partial charge < -0.3 is 4.74 Å². The molecule has 0 saturated heterocycles. The smallest absolute Gasteiger partial charge is 0.174 e. The predicted octanol–water partition coefficient (Wildman–Crippen LogP) is 5.47. The molecule has 1 aromatic heterocycles. The van der Waals surface area contributed by atoms with Crippen LogP contribution in [0.4, 0.5) is 0 Å². The van der Waals surface area contributed by atoms with Crippen LogP contribution in [0.15, 0.2) is 12.1 Å². The van der Waals surface area contributed by atoms with Crippen molar-refractivity contribution < 1.29 is 9.53 Å². The number of hydrogen-bond donors (Lipinski definition) is 0. The van der Waals surface area contributed by atoms with Crippen molar-refractivity contribution in [2.45, 2.75) is 64.7 Å². The summed E-state index contributed by atoms with van der Waals surface area (Å²) in [5.74, 6) is 0. The lowest BCUT2D eigenvalue weighted by Crippen LogP contribution is -1.95. The number of thiophene rings is 1. The van der Waals surface area contributed by atoms with Crippen molar-refractivity contribution in [2.24, 2.45) is 0 Å². The predicted molar refractivity (Wildman–Crippen MR) is 82.4 cm³/mol. The van der Waals surface area contributed by atoms with E-state index in [1.807, 2.05) is 12.1 Å². The first-order chi connectivity index (χ1) is 9.36. The number of carbonyl (C=O) groups is 1. The molecule has 0 atom stereocenters. The van der Waals surface area contributed by atoms with Gasteiger partial charge in [-0.1, -0.05) is 69.6 Å². The number of carbonyl (C=O) groups excluding carboxylic acids is 1. The zero-order valence-electron chi connectivity index (χ0n) is 12.0. The lowest BCUT2D eigenvalue weighted by atomic mass is 10.1. The van der Waals surface area contributed by atoms with Crippen LogP contribution in [-0.2, 0) is 0 Å². The molecule has 0 radical (unpaired) electrons. The van der Waals surface area contributed by atoms with Gasteiger partial charge in [-0.15, -0.1) is 0 Å². The molecule has 0 bridgehead atoms. The fourth-order valence-electron chi connectivity index (χ4n) is 2.06. The summed E-state index contributed by atoms with van der Waals surface area (Å²) in [4.78, 5) is 11.3. The van der Waals surface area contributed by atoms with E-state index < -0.39 is 0 Å². The highest BCUT2D eigenvalue weighted by Crippen LogP contribution is 2.23. The second-order valence-corrected chi connectivity index (χ2v) is 6.03. The molecule has 0 aromatic carbocycles. The Morgan fingerprint density at radius 3 is 2.21 bits per heavy atom. The van der Waals surface area contributed by atoms with Gasteiger partial charge in [-0.25, -0.2) is 0 Å². The summed E-state index contributed by atoms with van der Waals surface area (Å²) in [6, 6.07) is 3.69. The summed E-state index contributed by atoms with van der Waals surface area (Å²) < 4.78 is 5.61. The van der Waals surface area contributed by atoms with Gasteiger partial charge in [0.1, 0.15) is 0 Å². The topological polar surface area (TPSA) is 26.3 Å². The SMILES string of the molecule is CCCCCCCCCCCOc1ccc(C=O)s1. The number of aldehydes is 1. The number of hydrogen-bond acceptors (Lipinski definition) is 3. The van der Waals surface area contributed by atoms with E-state index in [9.17, 15) is 4.79 Å². The van der Waals surface area contributed by atoms with Gasteiger partial charge in [-0.05, 0) is 18.6 Å². The van der Waals surface area contributed by atoms with Crippen LogP contribution >= 0.6 is 11.3 Å². The standard InChI is InChI=1S/C16H26O2S/c1-2-3-4-5-6-7-8-9-10-13-18-16-12-11-15(14-17)19-16/h11-12,14H,2-10,13H2,1H3. The highest BCUT2D eigenvalue weighted by Gasteiger charge is 1.99. The Kier molecular flexibility index (Phi) is 9.42. The number of unbranched alkanes of at least 4 members (excludes halogenated alkanes) is 8. The van der Waals surface area contributed by atoms with Crippen LogP contribution in [0.1, 0.15) is 74.4 Å². The van der Waals surface area contributed by atoms with E-state index in [-0.39, 0.29) is 0 Å². The first kappa shape index (κ1) is 16.2. The molecule has 108 valence electrons. The summed E-state index contributed by atoms with van der Waals surface area (Å²) in [5.41, 5.74) is 0. The number of ether oxygens (including phenoxy) is 1. The van der Waals surface area contributed by atoms with Crippen molar-refractivity contribution in [1.82, 2.24) is 0 Å². The largest absolute Gasteiger partial charge is 0.484 e.